The first-order valence-electron chi connectivity index (χ1n) is 7.55. The van der Waals surface area contributed by atoms with Crippen molar-refractivity contribution in [1.29, 1.82) is 0 Å². The third-order valence-corrected chi connectivity index (χ3v) is 5.27. The second-order valence-corrected chi connectivity index (χ2v) is 6.54. The maximum atomic E-state index is 13.0. The van der Waals surface area contributed by atoms with Crippen LogP contribution in [-0.2, 0) is 9.53 Å². The molecule has 1 spiro atoms. The number of ether oxygens (including phenoxy) is 1. The maximum absolute atomic E-state index is 13.0. The topological polar surface area (TPSA) is 60.4 Å². The van der Waals surface area contributed by atoms with Crippen LogP contribution in [0.25, 0.3) is 0 Å². The molecule has 1 saturated carbocycles. The summed E-state index contributed by atoms with van der Waals surface area (Å²) in [5.41, 5.74) is 0.0656. The van der Waals surface area contributed by atoms with Crippen LogP contribution >= 0.6 is 11.6 Å². The zero-order valence-electron chi connectivity index (χ0n) is 12.8. The summed E-state index contributed by atoms with van der Waals surface area (Å²) in [6, 6.07) is 13.6. The van der Waals surface area contributed by atoms with E-state index in [4.69, 9.17) is 16.3 Å². The summed E-state index contributed by atoms with van der Waals surface area (Å²) in [6.07, 6.45) is 0. The van der Waals surface area contributed by atoms with Crippen LogP contribution < -0.4 is 0 Å². The number of carbonyl (C=O) groups excluding carboxylic acids is 3. The van der Waals surface area contributed by atoms with Crippen LogP contribution in [0.2, 0.25) is 5.02 Å². The Balaban J connectivity index is 1.89. The molecular formula is C19H13ClO4. The minimum Gasteiger partial charge on any atom is -0.469 e. The Labute approximate surface area is 143 Å². The largest absolute Gasteiger partial charge is 0.469 e. The first-order chi connectivity index (χ1) is 11.5. The van der Waals surface area contributed by atoms with Crippen molar-refractivity contribution in [3.8, 4) is 0 Å². The number of benzene rings is 2. The zero-order valence-corrected chi connectivity index (χ0v) is 13.5. The van der Waals surface area contributed by atoms with E-state index in [2.05, 4.69) is 0 Å². The van der Waals surface area contributed by atoms with Gasteiger partial charge in [0.05, 0.1) is 13.0 Å². The van der Waals surface area contributed by atoms with E-state index in [0.717, 1.165) is 0 Å². The van der Waals surface area contributed by atoms with E-state index >= 15 is 0 Å². The minimum absolute atomic E-state index is 0.302. The van der Waals surface area contributed by atoms with E-state index < -0.39 is 23.2 Å². The minimum atomic E-state index is -1.39. The molecule has 0 saturated heterocycles. The van der Waals surface area contributed by atoms with Gasteiger partial charge in [-0.2, -0.15) is 0 Å². The summed E-state index contributed by atoms with van der Waals surface area (Å²) >= 11 is 6.05. The van der Waals surface area contributed by atoms with Gasteiger partial charge in [0.15, 0.2) is 11.6 Å². The summed E-state index contributed by atoms with van der Waals surface area (Å²) in [4.78, 5) is 38.3. The highest BCUT2D eigenvalue weighted by atomic mass is 35.5. The third-order valence-electron chi connectivity index (χ3n) is 5.04. The highest BCUT2D eigenvalue weighted by Crippen LogP contribution is 2.70. The van der Waals surface area contributed by atoms with Gasteiger partial charge >= 0.3 is 5.97 Å². The van der Waals surface area contributed by atoms with E-state index in [1.165, 1.54) is 7.11 Å². The van der Waals surface area contributed by atoms with Crippen LogP contribution in [0.15, 0.2) is 48.5 Å². The number of fused-ring (bicyclic) bond motifs is 1. The molecule has 24 heavy (non-hydrogen) atoms. The van der Waals surface area contributed by atoms with E-state index in [0.29, 0.717) is 21.7 Å². The van der Waals surface area contributed by atoms with Gasteiger partial charge in [0, 0.05) is 22.1 Å². The highest BCUT2D eigenvalue weighted by molar-refractivity contribution is 6.34. The smallest absolute Gasteiger partial charge is 0.310 e. The van der Waals surface area contributed by atoms with Crippen LogP contribution in [0, 0.1) is 11.3 Å². The molecule has 0 amide bonds. The molecule has 0 heterocycles. The summed E-state index contributed by atoms with van der Waals surface area (Å²) in [6.45, 7) is 0. The van der Waals surface area contributed by atoms with Crippen LogP contribution in [-0.4, -0.2) is 24.6 Å². The lowest BCUT2D eigenvalue weighted by Crippen LogP contribution is -2.24. The average molecular weight is 341 g/mol. The number of hydrogen-bond acceptors (Lipinski definition) is 4. The summed E-state index contributed by atoms with van der Waals surface area (Å²) in [7, 11) is 1.26. The Hall–Kier alpha value is -2.46. The van der Waals surface area contributed by atoms with E-state index in [1.807, 2.05) is 0 Å². The summed E-state index contributed by atoms with van der Waals surface area (Å²) < 4.78 is 4.86. The van der Waals surface area contributed by atoms with Gasteiger partial charge in [0.2, 0.25) is 0 Å². The monoisotopic (exact) mass is 340 g/mol. The average Bonchev–Trinajstić information content (AvgIpc) is 3.25. The fourth-order valence-electron chi connectivity index (χ4n) is 3.99. The van der Waals surface area contributed by atoms with Gasteiger partial charge in [0.1, 0.15) is 5.41 Å². The number of Topliss-reactive ketones (excluding diaryl/α,β-unsaturated/α-hetero) is 2. The van der Waals surface area contributed by atoms with E-state index in [-0.39, 0.29) is 11.6 Å². The Morgan fingerprint density at radius 3 is 2.21 bits per heavy atom. The molecule has 0 radical (unpaired) electrons. The van der Waals surface area contributed by atoms with Crippen LogP contribution in [0.5, 0.6) is 0 Å². The molecule has 0 aromatic heterocycles. The second-order valence-electron chi connectivity index (χ2n) is 6.11. The number of ketones is 2. The van der Waals surface area contributed by atoms with Gasteiger partial charge in [-0.3, -0.25) is 14.4 Å². The number of methoxy groups -OCH3 is 1. The normalized spacial score (nSPS) is 23.2. The predicted molar refractivity (Wildman–Crippen MR) is 87.2 cm³/mol. The Morgan fingerprint density at radius 1 is 1.04 bits per heavy atom. The fraction of sp³-hybridized carbons (Fsp3) is 0.211. The number of hydrogen-bond donors (Lipinski definition) is 0. The second kappa shape index (κ2) is 5.02. The van der Waals surface area contributed by atoms with Gasteiger partial charge in [-0.15, -0.1) is 0 Å². The number of rotatable bonds is 2. The predicted octanol–water partition coefficient (Wildman–Crippen LogP) is 3.29. The van der Waals surface area contributed by atoms with E-state index in [9.17, 15) is 14.4 Å². The molecular weight excluding hydrogens is 328 g/mol. The molecule has 120 valence electrons. The lowest BCUT2D eigenvalue weighted by molar-refractivity contribution is -0.142. The highest BCUT2D eigenvalue weighted by Gasteiger charge is 2.79. The Morgan fingerprint density at radius 2 is 1.67 bits per heavy atom. The Bertz CT molecular complexity index is 867. The molecule has 1 fully saturated rings. The van der Waals surface area contributed by atoms with Crippen molar-refractivity contribution < 1.29 is 19.1 Å². The summed E-state index contributed by atoms with van der Waals surface area (Å²) in [5, 5.41) is 0.494. The molecule has 2 aliphatic rings. The van der Waals surface area contributed by atoms with Gasteiger partial charge < -0.3 is 4.74 Å². The molecule has 0 N–H and O–H groups in total. The molecule has 5 heteroatoms. The maximum Gasteiger partial charge on any atom is 0.310 e. The van der Waals surface area contributed by atoms with E-state index in [1.54, 1.807) is 48.5 Å². The molecule has 2 atom stereocenters. The molecule has 2 aromatic rings. The number of halogens is 1. The quantitative estimate of drug-likeness (QED) is 0.621. The van der Waals surface area contributed by atoms with Crippen LogP contribution in [0.3, 0.4) is 0 Å². The van der Waals surface area contributed by atoms with Gasteiger partial charge in [0.25, 0.3) is 0 Å². The molecule has 4 rings (SSSR count). The fourth-order valence-corrected chi connectivity index (χ4v) is 4.18. The lowest BCUT2D eigenvalue weighted by atomic mass is 9.93. The van der Waals surface area contributed by atoms with Crippen LogP contribution in [0.1, 0.15) is 32.2 Å². The van der Waals surface area contributed by atoms with Gasteiger partial charge in [-0.05, 0) is 17.7 Å². The molecule has 2 aromatic carbocycles. The summed E-state index contributed by atoms with van der Waals surface area (Å²) in [5.74, 6) is -2.51. The first-order valence-corrected chi connectivity index (χ1v) is 7.93. The molecule has 2 aliphatic carbocycles. The standard InChI is InChI=1S/C19H13ClO4/c1-24-18(23)15-14(10-5-4-6-11(20)9-10)19(15)16(21)12-7-2-3-8-13(12)17(19)22/h2-9,14-15H,1H3/t14-,15+/m0/s1. The molecule has 0 unspecified atom stereocenters. The number of esters is 1. The van der Waals surface area contributed by atoms with Crippen LogP contribution in [0.4, 0.5) is 0 Å². The van der Waals surface area contributed by atoms with Crippen molar-refractivity contribution in [2.45, 2.75) is 5.92 Å². The van der Waals surface area contributed by atoms with Crippen molar-refractivity contribution >= 4 is 29.1 Å². The SMILES string of the molecule is COC(=O)[C@H]1[C@H](c2cccc(Cl)c2)C12C(=O)c1ccccc1C2=O. The van der Waals surface area contributed by atoms with Crippen molar-refractivity contribution in [2.75, 3.05) is 7.11 Å². The van der Waals surface area contributed by atoms with Crippen molar-refractivity contribution in [1.82, 2.24) is 0 Å². The molecule has 4 nitrogen and oxygen atoms in total. The van der Waals surface area contributed by atoms with Crippen molar-refractivity contribution in [3.05, 3.63) is 70.2 Å². The first kappa shape index (κ1) is 15.1. The lowest BCUT2D eigenvalue weighted by Gasteiger charge is -2.06. The van der Waals surface area contributed by atoms with Crippen molar-refractivity contribution in [3.63, 3.8) is 0 Å². The van der Waals surface area contributed by atoms with Crippen molar-refractivity contribution in [2.24, 2.45) is 11.3 Å². The van der Waals surface area contributed by atoms with Gasteiger partial charge in [-0.1, -0.05) is 48.0 Å². The van der Waals surface area contributed by atoms with Gasteiger partial charge in [-0.25, -0.2) is 0 Å². The zero-order chi connectivity index (χ0) is 17.1. The molecule has 0 bridgehead atoms. The number of carbonyl (C=O) groups is 3. The third kappa shape index (κ3) is 1.72. The Kier molecular flexibility index (Phi) is 3.15. The molecule has 0 aliphatic heterocycles.